The zero-order valence-corrected chi connectivity index (χ0v) is 7.08. The highest BCUT2D eigenvalue weighted by Gasteiger charge is 2.10. The second-order valence-corrected chi connectivity index (χ2v) is 3.37. The molecule has 0 saturated carbocycles. The van der Waals surface area contributed by atoms with E-state index in [2.05, 4.69) is 33.0 Å². The van der Waals surface area contributed by atoms with Gasteiger partial charge in [-0.05, 0) is 18.5 Å². The summed E-state index contributed by atoms with van der Waals surface area (Å²) < 4.78 is 0. The van der Waals surface area contributed by atoms with Crippen molar-refractivity contribution in [2.24, 2.45) is 5.41 Å². The van der Waals surface area contributed by atoms with Gasteiger partial charge < -0.3 is 5.32 Å². The fourth-order valence-corrected chi connectivity index (χ4v) is 0.433. The Labute approximate surface area is 58.2 Å². The molecule has 0 amide bonds. The lowest BCUT2D eigenvalue weighted by atomic mass is 9.88. The van der Waals surface area contributed by atoms with Crippen molar-refractivity contribution in [3.63, 3.8) is 0 Å². The maximum absolute atomic E-state index is 3.01. The first-order chi connectivity index (χ1) is 3.98. The van der Waals surface area contributed by atoms with Gasteiger partial charge in [-0.25, -0.2) is 0 Å². The minimum absolute atomic E-state index is 0.309. The number of nitrogens with one attached hydrogen (secondary N) is 1. The first-order valence-electron chi connectivity index (χ1n) is 3.33. The molecule has 0 aromatic carbocycles. The molecule has 1 heteroatoms. The highest BCUT2D eigenvalue weighted by molar-refractivity contribution is 5.05. The van der Waals surface area contributed by atoms with E-state index >= 15 is 0 Å². The van der Waals surface area contributed by atoms with Gasteiger partial charge in [0, 0.05) is 7.05 Å². The van der Waals surface area contributed by atoms with Gasteiger partial charge in [-0.15, -0.1) is 0 Å². The highest BCUT2D eigenvalue weighted by Crippen LogP contribution is 2.23. The molecule has 9 heavy (non-hydrogen) atoms. The average Bonchev–Trinajstić information content (AvgIpc) is 1.64. The van der Waals surface area contributed by atoms with E-state index in [1.54, 1.807) is 0 Å². The van der Waals surface area contributed by atoms with Gasteiger partial charge in [-0.2, -0.15) is 0 Å². The van der Waals surface area contributed by atoms with Gasteiger partial charge in [0.15, 0.2) is 0 Å². The van der Waals surface area contributed by atoms with E-state index in [1.807, 2.05) is 13.2 Å². The number of allylic oxidation sites excluding steroid dienone is 1. The standard InChI is InChI=1S/C8H17N/c1-7(6-9-5)8(2,3)4/h6,9H,1-5H3/b7-6+. The molecule has 1 N–H and O–H groups in total. The largest absolute Gasteiger partial charge is 0.394 e. The van der Waals surface area contributed by atoms with Crippen molar-refractivity contribution < 1.29 is 0 Å². The zero-order chi connectivity index (χ0) is 7.49. The Morgan fingerprint density at radius 1 is 1.33 bits per heavy atom. The molecule has 0 rings (SSSR count). The van der Waals surface area contributed by atoms with E-state index in [0.717, 1.165) is 0 Å². The Balaban J connectivity index is 4.03. The van der Waals surface area contributed by atoms with Gasteiger partial charge >= 0.3 is 0 Å². The van der Waals surface area contributed by atoms with Gasteiger partial charge in [0.05, 0.1) is 0 Å². The molecule has 54 valence electrons. The number of hydrogen-bond donors (Lipinski definition) is 1. The van der Waals surface area contributed by atoms with Crippen LogP contribution in [0.5, 0.6) is 0 Å². The predicted molar refractivity (Wildman–Crippen MR) is 42.3 cm³/mol. The third kappa shape index (κ3) is 3.17. The van der Waals surface area contributed by atoms with E-state index in [0.29, 0.717) is 5.41 Å². The molecule has 0 aliphatic carbocycles. The summed E-state index contributed by atoms with van der Waals surface area (Å²) in [6, 6.07) is 0. The molecule has 0 heterocycles. The van der Waals surface area contributed by atoms with Crippen LogP contribution >= 0.6 is 0 Å². The minimum Gasteiger partial charge on any atom is -0.394 e. The molecule has 0 aliphatic heterocycles. The third-order valence-electron chi connectivity index (χ3n) is 1.54. The first kappa shape index (κ1) is 8.54. The molecule has 0 spiro atoms. The molecule has 0 unspecified atom stereocenters. The molecule has 1 nitrogen and oxygen atoms in total. The second-order valence-electron chi connectivity index (χ2n) is 3.37. The molecule has 0 radical (unpaired) electrons. The molecule has 0 fully saturated rings. The molecule has 0 aliphatic rings. The summed E-state index contributed by atoms with van der Waals surface area (Å²) in [4.78, 5) is 0. The maximum Gasteiger partial charge on any atom is 0.00276 e. The summed E-state index contributed by atoms with van der Waals surface area (Å²) in [6.07, 6.45) is 2.04. The van der Waals surface area contributed by atoms with E-state index in [9.17, 15) is 0 Å². The predicted octanol–water partition coefficient (Wildman–Crippen LogP) is 2.16. The van der Waals surface area contributed by atoms with E-state index in [1.165, 1.54) is 5.57 Å². The van der Waals surface area contributed by atoms with Gasteiger partial charge in [0.25, 0.3) is 0 Å². The highest BCUT2D eigenvalue weighted by atomic mass is 14.8. The molecule has 0 atom stereocenters. The number of rotatable bonds is 1. The van der Waals surface area contributed by atoms with Crippen molar-refractivity contribution in [2.75, 3.05) is 7.05 Å². The zero-order valence-electron chi connectivity index (χ0n) is 7.08. The van der Waals surface area contributed by atoms with Gasteiger partial charge in [-0.3, -0.25) is 0 Å². The van der Waals surface area contributed by atoms with Gasteiger partial charge in [-0.1, -0.05) is 26.3 Å². The fourth-order valence-electron chi connectivity index (χ4n) is 0.433. The quantitative estimate of drug-likeness (QED) is 0.569. The van der Waals surface area contributed by atoms with Crippen molar-refractivity contribution >= 4 is 0 Å². The van der Waals surface area contributed by atoms with Crippen LogP contribution < -0.4 is 5.32 Å². The summed E-state index contributed by atoms with van der Waals surface area (Å²) in [6.45, 7) is 8.75. The summed E-state index contributed by atoms with van der Waals surface area (Å²) in [5.74, 6) is 0. The Hall–Kier alpha value is -0.460. The molecule has 0 saturated heterocycles. The third-order valence-corrected chi connectivity index (χ3v) is 1.54. The smallest absolute Gasteiger partial charge is 0.00276 e. The van der Waals surface area contributed by atoms with Gasteiger partial charge in [0.1, 0.15) is 0 Å². The summed E-state index contributed by atoms with van der Waals surface area (Å²) in [5, 5.41) is 3.01. The van der Waals surface area contributed by atoms with Crippen molar-refractivity contribution in [1.29, 1.82) is 0 Å². The van der Waals surface area contributed by atoms with Crippen LogP contribution in [-0.4, -0.2) is 7.05 Å². The second kappa shape index (κ2) is 2.90. The van der Waals surface area contributed by atoms with Crippen LogP contribution in [0.15, 0.2) is 11.8 Å². The van der Waals surface area contributed by atoms with Crippen molar-refractivity contribution in [1.82, 2.24) is 5.32 Å². The lowest BCUT2D eigenvalue weighted by molar-refractivity contribution is 0.500. The van der Waals surface area contributed by atoms with E-state index in [-0.39, 0.29) is 0 Å². The molecular weight excluding hydrogens is 110 g/mol. The Morgan fingerprint density at radius 3 is 1.89 bits per heavy atom. The lowest BCUT2D eigenvalue weighted by Crippen LogP contribution is -2.09. The van der Waals surface area contributed by atoms with Crippen molar-refractivity contribution in [3.05, 3.63) is 11.8 Å². The molecule has 0 bridgehead atoms. The van der Waals surface area contributed by atoms with Crippen LogP contribution in [0.4, 0.5) is 0 Å². The summed E-state index contributed by atoms with van der Waals surface area (Å²) >= 11 is 0. The van der Waals surface area contributed by atoms with Crippen LogP contribution in [0.3, 0.4) is 0 Å². The van der Waals surface area contributed by atoms with Crippen molar-refractivity contribution in [3.8, 4) is 0 Å². The Bertz CT molecular complexity index is 106. The maximum atomic E-state index is 3.01. The molecule has 0 aromatic heterocycles. The first-order valence-corrected chi connectivity index (χ1v) is 3.33. The summed E-state index contributed by atoms with van der Waals surface area (Å²) in [7, 11) is 1.93. The minimum atomic E-state index is 0.309. The molecular formula is C8H17N. The van der Waals surface area contributed by atoms with E-state index < -0.39 is 0 Å². The SMILES string of the molecule is CN/C=C(\C)C(C)(C)C. The van der Waals surface area contributed by atoms with Crippen LogP contribution in [0.1, 0.15) is 27.7 Å². The number of hydrogen-bond acceptors (Lipinski definition) is 1. The van der Waals surface area contributed by atoms with Crippen LogP contribution in [0.2, 0.25) is 0 Å². The van der Waals surface area contributed by atoms with Crippen molar-refractivity contribution in [2.45, 2.75) is 27.7 Å². The lowest BCUT2D eigenvalue weighted by Gasteiger charge is -2.18. The topological polar surface area (TPSA) is 12.0 Å². The van der Waals surface area contributed by atoms with Gasteiger partial charge in [0.2, 0.25) is 0 Å². The average molecular weight is 127 g/mol. The fraction of sp³-hybridized carbons (Fsp3) is 0.750. The van der Waals surface area contributed by atoms with E-state index in [4.69, 9.17) is 0 Å². The summed E-state index contributed by atoms with van der Waals surface area (Å²) in [5.41, 5.74) is 1.69. The monoisotopic (exact) mass is 127 g/mol. The Kier molecular flexibility index (Phi) is 2.75. The molecule has 0 aromatic rings. The Morgan fingerprint density at radius 2 is 1.78 bits per heavy atom. The van der Waals surface area contributed by atoms with Crippen LogP contribution in [0, 0.1) is 5.41 Å². The van der Waals surface area contributed by atoms with Crippen LogP contribution in [0.25, 0.3) is 0 Å². The normalized spacial score (nSPS) is 13.7. The van der Waals surface area contributed by atoms with Crippen LogP contribution in [-0.2, 0) is 0 Å².